The Balaban J connectivity index is 0.000000625. The molecule has 0 amide bonds. The number of alkyl halides is 28. The van der Waals surface area contributed by atoms with Gasteiger partial charge in [-0.25, -0.2) is 0 Å². The van der Waals surface area contributed by atoms with Gasteiger partial charge in [0.2, 0.25) is 36.5 Å². The van der Waals surface area contributed by atoms with Gasteiger partial charge in [-0.1, -0.05) is 34.5 Å². The van der Waals surface area contributed by atoms with Crippen molar-refractivity contribution in [3.8, 4) is 0 Å². The summed E-state index contributed by atoms with van der Waals surface area (Å²) in [5.74, 6) is -42.5. The highest BCUT2D eigenvalue weighted by Crippen LogP contribution is 2.58. The van der Waals surface area contributed by atoms with Gasteiger partial charge in [0.1, 0.15) is 27.2 Å². The van der Waals surface area contributed by atoms with E-state index < -0.39 is 121 Å². The van der Waals surface area contributed by atoms with Crippen LogP contribution in [-0.4, -0.2) is 198 Å². The fourth-order valence-electron chi connectivity index (χ4n) is 5.01. The Bertz CT molecular complexity index is 2800. The molecule has 476 valence electrons. The van der Waals surface area contributed by atoms with Crippen LogP contribution in [0.5, 0.6) is 0 Å². The molecule has 82 heavy (non-hydrogen) atoms. The van der Waals surface area contributed by atoms with Gasteiger partial charge in [-0.2, -0.15) is 168 Å². The summed E-state index contributed by atoms with van der Waals surface area (Å²) in [6.07, 6.45) is -46.4. The number of rotatable bonds is 19. The van der Waals surface area contributed by atoms with Crippen molar-refractivity contribution >= 4 is 45.3 Å². The summed E-state index contributed by atoms with van der Waals surface area (Å²) in [5.41, 5.74) is 0. The monoisotopic (exact) mass is 1320 g/mol. The molecule has 2 aliphatic rings. The quantitative estimate of drug-likeness (QED) is 0.0776. The molecule has 49 heteroatoms. The Morgan fingerprint density at radius 3 is 0.963 bits per heavy atom. The first-order valence-corrected chi connectivity index (χ1v) is 23.4. The lowest BCUT2D eigenvalue weighted by Crippen LogP contribution is -2.67. The van der Waals surface area contributed by atoms with Crippen LogP contribution in [0.4, 0.5) is 131 Å². The first-order valence-electron chi connectivity index (χ1n) is 20.6. The van der Waals surface area contributed by atoms with Gasteiger partial charge < -0.3 is 0 Å². The van der Waals surface area contributed by atoms with Gasteiger partial charge >= 0.3 is 112 Å². The molecule has 4 heterocycles. The molecule has 2 aliphatic heterocycles. The van der Waals surface area contributed by atoms with Crippen LogP contribution in [0.25, 0.3) is 0 Å². The third-order valence-corrected chi connectivity index (χ3v) is 10.4. The fraction of sp³-hybridized carbons (Fsp3) is 0.758. The summed E-state index contributed by atoms with van der Waals surface area (Å²) in [7, 11) is -8.18. The number of nitrogens with zero attached hydrogens (tertiary/aromatic N) is 8. The van der Waals surface area contributed by atoms with E-state index in [4.69, 9.17) is 0 Å². The van der Waals surface area contributed by atoms with E-state index in [0.717, 1.165) is 13.3 Å². The highest BCUT2D eigenvalue weighted by atomic mass is 32.3. The molecule has 0 fully saturated rings. The second-order valence-electron chi connectivity index (χ2n) is 15.8. The molecule has 3 unspecified atom stereocenters. The maximum Gasteiger partial charge on any atom is 0.462 e. The van der Waals surface area contributed by atoms with Crippen LogP contribution in [0, 0.1) is 0 Å². The molecule has 0 bridgehead atoms. The van der Waals surface area contributed by atoms with Gasteiger partial charge in [0.15, 0.2) is 0 Å². The summed E-state index contributed by atoms with van der Waals surface area (Å²) < 4.78 is 440. The van der Waals surface area contributed by atoms with Crippen LogP contribution in [-0.2, 0) is 46.4 Å². The SMILES string of the molecule is CCCC[N+]1=CC=[N+](C)C1.CCCC[N+]1=CC=[N+](C)C1.O=S(=O)(F)c1n[nH]c(C(F)(OC(F)(F)C(F)(F)C(F)(F)F)C(F)(F)F)n1.O=S(=O)(F)c1n[nH]c(C(F)(OC(F)(F)C(F)(OC(F)(F)C(F)(F)C(F)(F)F)C(F)(F)F)C(F)(F)F)n1. The second-order valence-corrected chi connectivity index (χ2v) is 18.3. The highest BCUT2D eigenvalue weighted by molar-refractivity contribution is 7.86. The number of nitrogens with one attached hydrogen (secondary N) is 2. The van der Waals surface area contributed by atoms with Crippen LogP contribution in [0.1, 0.15) is 51.2 Å². The normalized spacial score (nSPS) is 17.8. The minimum absolute atomic E-state index is 0.370. The summed E-state index contributed by atoms with van der Waals surface area (Å²) in [5, 5.41) is 0.267. The van der Waals surface area contributed by atoms with E-state index in [0.29, 0.717) is 10.2 Å². The molecule has 0 spiro atoms. The van der Waals surface area contributed by atoms with Crippen molar-refractivity contribution in [3.63, 3.8) is 0 Å². The van der Waals surface area contributed by atoms with Gasteiger partial charge in [0, 0.05) is 12.8 Å². The Labute approximate surface area is 436 Å². The second kappa shape index (κ2) is 25.1. The highest BCUT2D eigenvalue weighted by Gasteiger charge is 2.86. The van der Waals surface area contributed by atoms with Crippen LogP contribution in [0.15, 0.2) is 10.3 Å². The Morgan fingerprint density at radius 2 is 0.744 bits per heavy atom. The lowest BCUT2D eigenvalue weighted by molar-refractivity contribution is -0.699. The average Bonchev–Trinajstić information content (AvgIpc) is 4.11. The Hall–Kier alpha value is -5.36. The van der Waals surface area contributed by atoms with E-state index >= 15 is 0 Å². The van der Waals surface area contributed by atoms with E-state index in [2.05, 4.69) is 76.2 Å². The van der Waals surface area contributed by atoms with Crippen molar-refractivity contribution in [3.05, 3.63) is 11.6 Å². The molecule has 2 aromatic heterocycles. The van der Waals surface area contributed by atoms with Gasteiger partial charge in [0.25, 0.3) is 10.3 Å². The number of unbranched alkanes of at least 4 members (excludes halogenated alkanes) is 2. The molecule has 0 saturated heterocycles. The Kier molecular flexibility index (Phi) is 22.8. The van der Waals surface area contributed by atoms with Crippen molar-refractivity contribution in [1.29, 1.82) is 0 Å². The number of hydrogen-bond donors (Lipinski definition) is 2. The summed E-state index contributed by atoms with van der Waals surface area (Å²) >= 11 is 0. The van der Waals surface area contributed by atoms with Crippen molar-refractivity contribution in [2.24, 2.45) is 0 Å². The predicted molar refractivity (Wildman–Crippen MR) is 203 cm³/mol. The zero-order valence-corrected chi connectivity index (χ0v) is 41.7. The van der Waals surface area contributed by atoms with Crippen LogP contribution in [0.2, 0.25) is 0 Å². The molecule has 0 saturated carbocycles. The third kappa shape index (κ3) is 17.4. The molecular weight excluding hydrogens is 1280 g/mol. The predicted octanol–water partition coefficient (Wildman–Crippen LogP) is 8.85. The van der Waals surface area contributed by atoms with Crippen molar-refractivity contribution in [1.82, 2.24) is 30.4 Å². The van der Waals surface area contributed by atoms with E-state index in [1.807, 2.05) is 19.6 Å². The number of H-pyrrole nitrogens is 2. The van der Waals surface area contributed by atoms with E-state index in [9.17, 15) is 148 Å². The third-order valence-electron chi connectivity index (χ3n) is 9.16. The van der Waals surface area contributed by atoms with E-state index in [1.165, 1.54) is 43.5 Å². The van der Waals surface area contributed by atoms with Crippen molar-refractivity contribution in [2.75, 3.05) is 40.5 Å². The van der Waals surface area contributed by atoms with Crippen LogP contribution < -0.4 is 0 Å². The zero-order chi connectivity index (χ0) is 65.0. The van der Waals surface area contributed by atoms with Gasteiger partial charge in [0.05, 0.1) is 0 Å². The first-order chi connectivity index (χ1) is 36.2. The summed E-state index contributed by atoms with van der Waals surface area (Å²) in [4.78, 5) is 3.69. The molecule has 2 aromatic rings. The standard InChI is InChI=1S/C10HF18N3O4S.2C8H16N2.C7HF12N3O3S/c11-3(6(15,16)17,1-29-2(31-30-1)36(28,32)33)34-10(26,27)5(14,8(21,22)23)35-9(24,25)4(12,13)7(18,19)20;2*1-3-4-5-10-7-6-9(2)8-10;8-3(5(11,12)13,1-20-2(22-21-1)26(19,23)24)25-7(17,18)4(9,10)6(14,15)16/h(H,29,30,31);2*6-7H,3-5,8H2,1-2H3;(H,20,21,22)/q;2*+2;. The van der Waals surface area contributed by atoms with E-state index in [1.54, 1.807) is 4.98 Å². The molecule has 0 aromatic carbocycles. The maximum absolute atomic E-state index is 14.3. The lowest BCUT2D eigenvalue weighted by atomic mass is 10.2. The number of halogens is 30. The molecule has 4 rings (SSSR count). The molecule has 0 aliphatic carbocycles. The van der Waals surface area contributed by atoms with Crippen molar-refractivity contribution in [2.45, 2.75) is 128 Å². The minimum Gasteiger partial charge on any atom is -0.263 e. The molecule has 17 nitrogen and oxygen atoms in total. The fourth-order valence-corrected chi connectivity index (χ4v) is 5.72. The first kappa shape index (κ1) is 74.7. The molecular formula is C33H34F30N10O7S2+4. The smallest absolute Gasteiger partial charge is 0.263 e. The Morgan fingerprint density at radius 1 is 0.451 bits per heavy atom. The molecule has 2 N–H and O–H groups in total. The maximum atomic E-state index is 14.3. The number of aromatic amines is 2. The van der Waals surface area contributed by atoms with Crippen LogP contribution in [0.3, 0.4) is 0 Å². The largest absolute Gasteiger partial charge is 0.462 e. The summed E-state index contributed by atoms with van der Waals surface area (Å²) in [6.45, 7) is 9.00. The van der Waals surface area contributed by atoms with Gasteiger partial charge in [-0.3, -0.25) is 24.4 Å². The number of ether oxygens (including phenoxy) is 3. The average molecular weight is 1320 g/mol. The number of aromatic nitrogens is 6. The van der Waals surface area contributed by atoms with Crippen LogP contribution >= 0.6 is 0 Å². The summed E-state index contributed by atoms with van der Waals surface area (Å²) in [6, 6.07) is 0. The minimum atomic E-state index is -8.14. The van der Waals surface area contributed by atoms with Gasteiger partial charge in [-0.05, 0) is 0 Å². The van der Waals surface area contributed by atoms with E-state index in [-0.39, 0.29) is 0 Å². The molecule has 3 atom stereocenters. The van der Waals surface area contributed by atoms with Crippen molar-refractivity contribution < 1.29 is 180 Å². The zero-order valence-electron chi connectivity index (χ0n) is 40.1. The molecule has 0 radical (unpaired) electrons. The lowest BCUT2D eigenvalue weighted by Gasteiger charge is -2.40. The number of hydrogen-bond acceptors (Lipinski definition) is 11. The van der Waals surface area contributed by atoms with Gasteiger partial charge in [-0.15, -0.1) is 10.2 Å². The topological polar surface area (TPSA) is 191 Å².